The number of hydrogen-bond acceptors (Lipinski definition) is 4. The van der Waals surface area contributed by atoms with Gasteiger partial charge in [-0.3, -0.25) is 0 Å². The average Bonchev–Trinajstić information content (AvgIpc) is 2.71. The predicted molar refractivity (Wildman–Crippen MR) is 112 cm³/mol. The molecule has 0 unspecified atom stereocenters. The molecule has 0 aromatic carbocycles. The molecule has 0 aromatic heterocycles. The molecule has 2 heterocycles. The molecule has 2 saturated heterocycles. The zero-order chi connectivity index (χ0) is 17.6. The summed E-state index contributed by atoms with van der Waals surface area (Å²) in [5, 5.41) is 0. The largest absolute Gasteiger partial charge is 0.364 e. The fourth-order valence-electron chi connectivity index (χ4n) is 6.08. The molecule has 26 heavy (non-hydrogen) atoms. The molecule has 0 bridgehead atoms. The molecule has 2 aliphatic heterocycles. The first kappa shape index (κ1) is 18.6. The van der Waals surface area contributed by atoms with E-state index in [1.54, 1.807) is 0 Å². The predicted octanol–water partition coefficient (Wildman–Crippen LogP) is 6.38. The summed E-state index contributed by atoms with van der Waals surface area (Å²) in [5.74, 6) is 2.69. The summed E-state index contributed by atoms with van der Waals surface area (Å²) in [6.45, 7) is 2.06. The fraction of sp³-hybridized carbons (Fsp3) is 1.00. The third kappa shape index (κ3) is 3.50. The van der Waals surface area contributed by atoms with Gasteiger partial charge in [-0.1, -0.05) is 38.5 Å². The molecule has 0 radical (unpaired) electrons. The van der Waals surface area contributed by atoms with E-state index in [1.165, 1.54) is 101 Å². The lowest BCUT2D eigenvalue weighted by Crippen LogP contribution is -2.52. The van der Waals surface area contributed by atoms with Crippen LogP contribution in [0.3, 0.4) is 0 Å². The highest BCUT2D eigenvalue weighted by atomic mass is 32.2. The molecule has 4 heteroatoms. The van der Waals surface area contributed by atoms with E-state index in [0.717, 1.165) is 13.2 Å². The van der Waals surface area contributed by atoms with Gasteiger partial charge in [0, 0.05) is 22.3 Å². The highest BCUT2D eigenvalue weighted by Crippen LogP contribution is 2.58. The van der Waals surface area contributed by atoms with Crippen LogP contribution in [-0.4, -0.2) is 34.6 Å². The Hall–Kier alpha value is 0.620. The van der Waals surface area contributed by atoms with Crippen molar-refractivity contribution in [3.05, 3.63) is 0 Å². The smallest absolute Gasteiger partial charge is 0.114 e. The summed E-state index contributed by atoms with van der Waals surface area (Å²) in [6.07, 6.45) is 19.0. The summed E-state index contributed by atoms with van der Waals surface area (Å²) in [4.78, 5) is 0.246. The van der Waals surface area contributed by atoms with Gasteiger partial charge in [-0.05, 0) is 51.4 Å². The average molecular weight is 397 g/mol. The Bertz CT molecular complexity index is 430. The van der Waals surface area contributed by atoms with Crippen molar-refractivity contribution in [3.8, 4) is 0 Å². The van der Waals surface area contributed by atoms with E-state index in [9.17, 15) is 0 Å². The molecule has 2 nitrogen and oxygen atoms in total. The van der Waals surface area contributed by atoms with Crippen molar-refractivity contribution in [1.29, 1.82) is 0 Å². The van der Waals surface area contributed by atoms with E-state index in [4.69, 9.17) is 9.47 Å². The lowest BCUT2D eigenvalue weighted by Gasteiger charge is -2.54. The maximum Gasteiger partial charge on any atom is 0.114 e. The van der Waals surface area contributed by atoms with E-state index < -0.39 is 0 Å². The van der Waals surface area contributed by atoms with Crippen LogP contribution in [0.25, 0.3) is 0 Å². The Balaban J connectivity index is 1.16. The van der Waals surface area contributed by atoms with Crippen molar-refractivity contribution >= 4 is 23.5 Å². The van der Waals surface area contributed by atoms with Gasteiger partial charge in [-0.2, -0.15) is 0 Å². The maximum absolute atomic E-state index is 6.64. The molecule has 0 aromatic rings. The molecule has 0 N–H and O–H groups in total. The van der Waals surface area contributed by atoms with E-state index in [0.29, 0.717) is 10.8 Å². The van der Waals surface area contributed by atoms with Crippen molar-refractivity contribution in [2.24, 2.45) is 10.8 Å². The third-order valence-electron chi connectivity index (χ3n) is 8.17. The molecule has 3 aliphatic carbocycles. The van der Waals surface area contributed by atoms with Crippen LogP contribution >= 0.6 is 23.5 Å². The van der Waals surface area contributed by atoms with Crippen LogP contribution in [0, 0.1) is 10.8 Å². The SMILES string of the molecule is C1CCC2(CC1)COC1(CCC3(CC1)OCC1(CCCCC1)CS3)SC2. The number of thioether (sulfide) groups is 2. The minimum Gasteiger partial charge on any atom is -0.364 e. The summed E-state index contributed by atoms with van der Waals surface area (Å²) in [6, 6.07) is 0. The van der Waals surface area contributed by atoms with Gasteiger partial charge in [0.25, 0.3) is 0 Å². The van der Waals surface area contributed by atoms with Crippen molar-refractivity contribution in [2.75, 3.05) is 24.7 Å². The molecule has 4 spiro atoms. The second-order valence-electron chi connectivity index (χ2n) is 10.1. The van der Waals surface area contributed by atoms with Gasteiger partial charge < -0.3 is 9.47 Å². The maximum atomic E-state index is 6.64. The molecular formula is C22H36O2S2. The van der Waals surface area contributed by atoms with Crippen LogP contribution in [0.5, 0.6) is 0 Å². The second-order valence-corrected chi connectivity index (χ2v) is 12.7. The molecule has 3 saturated carbocycles. The normalized spacial score (nSPS) is 42.5. The van der Waals surface area contributed by atoms with Gasteiger partial charge in [0.05, 0.1) is 13.2 Å². The van der Waals surface area contributed by atoms with Gasteiger partial charge in [0.2, 0.25) is 0 Å². The van der Waals surface area contributed by atoms with E-state index in [2.05, 4.69) is 23.5 Å². The summed E-state index contributed by atoms with van der Waals surface area (Å²) >= 11 is 4.35. The van der Waals surface area contributed by atoms with Crippen LogP contribution in [0.4, 0.5) is 0 Å². The van der Waals surface area contributed by atoms with Gasteiger partial charge in [0.15, 0.2) is 0 Å². The lowest BCUT2D eigenvalue weighted by molar-refractivity contribution is -0.111. The first-order chi connectivity index (χ1) is 12.7. The Kier molecular flexibility index (Phi) is 5.12. The molecule has 148 valence electrons. The van der Waals surface area contributed by atoms with E-state index >= 15 is 0 Å². The highest BCUT2D eigenvalue weighted by Gasteiger charge is 2.52. The van der Waals surface area contributed by atoms with Crippen LogP contribution in [0.15, 0.2) is 0 Å². The zero-order valence-corrected chi connectivity index (χ0v) is 18.0. The van der Waals surface area contributed by atoms with E-state index in [-0.39, 0.29) is 9.87 Å². The monoisotopic (exact) mass is 396 g/mol. The molecule has 5 fully saturated rings. The topological polar surface area (TPSA) is 18.5 Å². The lowest BCUT2D eigenvalue weighted by atomic mass is 9.75. The van der Waals surface area contributed by atoms with Crippen LogP contribution in [-0.2, 0) is 9.47 Å². The second kappa shape index (κ2) is 7.15. The van der Waals surface area contributed by atoms with Crippen molar-refractivity contribution in [2.45, 2.75) is 99.8 Å². The number of rotatable bonds is 0. The van der Waals surface area contributed by atoms with Crippen molar-refractivity contribution in [3.63, 3.8) is 0 Å². The fourth-order valence-corrected chi connectivity index (χ4v) is 9.23. The molecule has 5 aliphatic rings. The minimum absolute atomic E-state index is 0.123. The first-order valence-corrected chi connectivity index (χ1v) is 13.2. The summed E-state index contributed by atoms with van der Waals surface area (Å²) in [5.41, 5.74) is 1.04. The molecule has 0 amide bonds. The van der Waals surface area contributed by atoms with Crippen LogP contribution in [0.2, 0.25) is 0 Å². The number of hydrogen-bond donors (Lipinski definition) is 0. The molecule has 5 rings (SSSR count). The standard InChI is InChI=1S/C22H36O2S2/c1-3-7-19(8-4-1)15-23-21(25-17-19)11-13-22(14-12-21)24-16-20(18-26-22)9-5-2-6-10-20/h1-18H2. The highest BCUT2D eigenvalue weighted by molar-refractivity contribution is 8.01. The molecule has 0 atom stereocenters. The van der Waals surface area contributed by atoms with Gasteiger partial charge >= 0.3 is 0 Å². The van der Waals surface area contributed by atoms with Gasteiger partial charge in [-0.15, -0.1) is 23.5 Å². The summed E-state index contributed by atoms with van der Waals surface area (Å²) < 4.78 is 13.3. The Morgan fingerprint density at radius 2 is 0.846 bits per heavy atom. The Morgan fingerprint density at radius 3 is 1.15 bits per heavy atom. The zero-order valence-electron chi connectivity index (χ0n) is 16.4. The Labute approximate surface area is 168 Å². The quantitative estimate of drug-likeness (QED) is 0.472. The van der Waals surface area contributed by atoms with Crippen molar-refractivity contribution < 1.29 is 9.47 Å². The molecular weight excluding hydrogens is 360 g/mol. The minimum atomic E-state index is 0.123. The number of ether oxygens (including phenoxy) is 2. The van der Waals surface area contributed by atoms with Gasteiger partial charge in [0.1, 0.15) is 9.87 Å². The third-order valence-corrected chi connectivity index (χ3v) is 11.8. The van der Waals surface area contributed by atoms with Crippen LogP contribution in [0.1, 0.15) is 89.9 Å². The van der Waals surface area contributed by atoms with Gasteiger partial charge in [-0.25, -0.2) is 0 Å². The first-order valence-electron chi connectivity index (χ1n) is 11.2. The van der Waals surface area contributed by atoms with Crippen molar-refractivity contribution in [1.82, 2.24) is 0 Å². The van der Waals surface area contributed by atoms with Crippen LogP contribution < -0.4 is 0 Å². The Morgan fingerprint density at radius 1 is 0.462 bits per heavy atom. The summed E-state index contributed by atoms with van der Waals surface area (Å²) in [7, 11) is 0. The van der Waals surface area contributed by atoms with E-state index in [1.807, 2.05) is 0 Å².